The van der Waals surface area contributed by atoms with Crippen LogP contribution in [0.15, 0.2) is 66.4 Å². The summed E-state index contributed by atoms with van der Waals surface area (Å²) in [5.41, 5.74) is 3.05. The average Bonchev–Trinajstić information content (AvgIpc) is 2.69. The second-order valence-corrected chi connectivity index (χ2v) is 6.61. The molecule has 0 saturated heterocycles. The van der Waals surface area contributed by atoms with Crippen molar-refractivity contribution < 1.29 is 22.3 Å². The minimum absolute atomic E-state index is 0.250. The zero-order chi connectivity index (χ0) is 21.1. The van der Waals surface area contributed by atoms with Gasteiger partial charge in [-0.05, 0) is 31.1 Å². The van der Waals surface area contributed by atoms with Gasteiger partial charge in [0.1, 0.15) is 24.0 Å². The third-order valence-electron chi connectivity index (χ3n) is 4.70. The summed E-state index contributed by atoms with van der Waals surface area (Å²) in [6, 6.07) is 11.1. The standard InChI is InChI=1S/C23H21F4NO/c1-4-28-15(3)14(2)10-18(16-8-6-5-7-9-16)23(28)22-19(24)11-17(12-20(22)25)29-13-21(26)27/h5-12,21H,3-4,13H2,1-2H3. The number of allylic oxidation sites excluding steroid dienone is 3. The fourth-order valence-electron chi connectivity index (χ4n) is 3.34. The quantitative estimate of drug-likeness (QED) is 0.527. The molecule has 152 valence electrons. The highest BCUT2D eigenvalue weighted by Gasteiger charge is 2.28. The molecule has 0 atom stereocenters. The zero-order valence-corrected chi connectivity index (χ0v) is 16.2. The van der Waals surface area contributed by atoms with Gasteiger partial charge in [0.25, 0.3) is 6.43 Å². The van der Waals surface area contributed by atoms with E-state index >= 15 is 8.78 Å². The number of ether oxygens (including phenoxy) is 1. The summed E-state index contributed by atoms with van der Waals surface area (Å²) in [5, 5.41) is 0. The molecule has 2 nitrogen and oxygen atoms in total. The molecule has 0 aliphatic carbocycles. The zero-order valence-electron chi connectivity index (χ0n) is 16.2. The minimum atomic E-state index is -2.74. The maximum absolute atomic E-state index is 15.0. The van der Waals surface area contributed by atoms with Crippen molar-refractivity contribution in [2.45, 2.75) is 20.3 Å². The molecular weight excluding hydrogens is 382 g/mol. The molecule has 3 rings (SSSR count). The van der Waals surface area contributed by atoms with E-state index < -0.39 is 24.7 Å². The Morgan fingerprint density at radius 3 is 2.24 bits per heavy atom. The first-order valence-corrected chi connectivity index (χ1v) is 9.18. The number of likely N-dealkylation sites (N-methyl/N-ethyl adjacent to an activating group) is 1. The monoisotopic (exact) mass is 403 g/mol. The van der Waals surface area contributed by atoms with Gasteiger partial charge in [-0.2, -0.15) is 0 Å². The second kappa shape index (κ2) is 8.55. The van der Waals surface area contributed by atoms with Crippen LogP contribution in [0.2, 0.25) is 0 Å². The van der Waals surface area contributed by atoms with Crippen molar-refractivity contribution in [2.75, 3.05) is 13.2 Å². The third-order valence-corrected chi connectivity index (χ3v) is 4.70. The van der Waals surface area contributed by atoms with E-state index in [4.69, 9.17) is 4.74 Å². The second-order valence-electron chi connectivity index (χ2n) is 6.61. The topological polar surface area (TPSA) is 12.5 Å². The molecule has 1 aliphatic heterocycles. The Labute approximate surface area is 167 Å². The fraction of sp³-hybridized carbons (Fsp3) is 0.217. The maximum Gasteiger partial charge on any atom is 0.272 e. The number of rotatable bonds is 6. The lowest BCUT2D eigenvalue weighted by molar-refractivity contribution is 0.0815. The van der Waals surface area contributed by atoms with Gasteiger partial charge in [-0.25, -0.2) is 17.6 Å². The van der Waals surface area contributed by atoms with Crippen LogP contribution in [0.3, 0.4) is 0 Å². The predicted molar refractivity (Wildman–Crippen MR) is 106 cm³/mol. The molecule has 6 heteroatoms. The van der Waals surface area contributed by atoms with Crippen molar-refractivity contribution in [1.82, 2.24) is 4.90 Å². The summed E-state index contributed by atoms with van der Waals surface area (Å²) in [4.78, 5) is 1.75. The number of hydrogen-bond donors (Lipinski definition) is 0. The summed E-state index contributed by atoms with van der Waals surface area (Å²) < 4.78 is 59.6. The van der Waals surface area contributed by atoms with Crippen LogP contribution in [-0.2, 0) is 0 Å². The van der Waals surface area contributed by atoms with Crippen molar-refractivity contribution >= 4 is 11.3 Å². The van der Waals surface area contributed by atoms with Crippen LogP contribution >= 0.6 is 0 Å². The summed E-state index contributed by atoms with van der Waals surface area (Å²) in [5.74, 6) is -2.07. The van der Waals surface area contributed by atoms with Gasteiger partial charge in [0, 0.05) is 29.9 Å². The average molecular weight is 403 g/mol. The van der Waals surface area contributed by atoms with Gasteiger partial charge >= 0.3 is 0 Å². The lowest BCUT2D eigenvalue weighted by Crippen LogP contribution is -2.26. The van der Waals surface area contributed by atoms with Gasteiger partial charge in [-0.1, -0.05) is 36.9 Å². The van der Waals surface area contributed by atoms with E-state index in [9.17, 15) is 8.78 Å². The fourth-order valence-corrected chi connectivity index (χ4v) is 3.34. The third kappa shape index (κ3) is 4.21. The number of halogens is 4. The summed E-state index contributed by atoms with van der Waals surface area (Å²) in [6.07, 6.45) is -0.891. The molecule has 1 heterocycles. The van der Waals surface area contributed by atoms with Gasteiger partial charge in [-0.15, -0.1) is 0 Å². The van der Waals surface area contributed by atoms with E-state index in [1.165, 1.54) is 0 Å². The molecule has 2 aromatic rings. The van der Waals surface area contributed by atoms with E-state index in [1.54, 1.807) is 4.90 Å². The van der Waals surface area contributed by atoms with Crippen molar-refractivity contribution in [1.29, 1.82) is 0 Å². The Balaban J connectivity index is 2.22. The van der Waals surface area contributed by atoms with Gasteiger partial charge in [0.2, 0.25) is 0 Å². The van der Waals surface area contributed by atoms with Gasteiger partial charge < -0.3 is 9.64 Å². The molecule has 0 radical (unpaired) electrons. The Hall–Kier alpha value is -3.02. The molecule has 29 heavy (non-hydrogen) atoms. The Kier molecular flexibility index (Phi) is 6.11. The molecule has 0 bridgehead atoms. The number of nitrogens with zero attached hydrogens (tertiary/aromatic N) is 1. The number of alkyl halides is 2. The largest absolute Gasteiger partial charge is 0.487 e. The van der Waals surface area contributed by atoms with Crippen LogP contribution in [0.5, 0.6) is 5.75 Å². The van der Waals surface area contributed by atoms with Crippen molar-refractivity contribution in [3.05, 3.63) is 89.2 Å². The molecule has 0 aromatic heterocycles. The number of hydrogen-bond acceptors (Lipinski definition) is 2. The highest BCUT2D eigenvalue weighted by Crippen LogP contribution is 2.41. The van der Waals surface area contributed by atoms with E-state index in [1.807, 2.05) is 50.3 Å². The molecule has 1 aliphatic rings. The van der Waals surface area contributed by atoms with Gasteiger partial charge in [0.15, 0.2) is 0 Å². The SMILES string of the molecule is C=C1C(C)=CC(c2ccccc2)=C(c2c(F)cc(OCC(F)F)cc2F)N1CC. The van der Waals surface area contributed by atoms with E-state index in [-0.39, 0.29) is 11.3 Å². The highest BCUT2D eigenvalue weighted by molar-refractivity contribution is 5.98. The first-order valence-electron chi connectivity index (χ1n) is 9.18. The smallest absolute Gasteiger partial charge is 0.272 e. The normalized spacial score (nSPS) is 14.5. The molecule has 0 saturated carbocycles. The van der Waals surface area contributed by atoms with Crippen molar-refractivity contribution in [3.63, 3.8) is 0 Å². The molecule has 0 fully saturated rings. The van der Waals surface area contributed by atoms with Gasteiger partial charge in [-0.3, -0.25) is 0 Å². The lowest BCUT2D eigenvalue weighted by Gasteiger charge is -2.34. The van der Waals surface area contributed by atoms with E-state index in [2.05, 4.69) is 6.58 Å². The molecule has 0 spiro atoms. The van der Waals surface area contributed by atoms with Crippen LogP contribution in [0.4, 0.5) is 17.6 Å². The van der Waals surface area contributed by atoms with Crippen LogP contribution in [0, 0.1) is 11.6 Å². The predicted octanol–water partition coefficient (Wildman–Crippen LogP) is 6.27. The summed E-state index contributed by atoms with van der Waals surface area (Å²) in [6.45, 7) is 7.31. The van der Waals surface area contributed by atoms with Crippen molar-refractivity contribution in [3.8, 4) is 5.75 Å². The molecule has 0 unspecified atom stereocenters. The first-order chi connectivity index (χ1) is 13.8. The summed E-state index contributed by atoms with van der Waals surface area (Å²) in [7, 11) is 0. The highest BCUT2D eigenvalue weighted by atomic mass is 19.3. The Morgan fingerprint density at radius 2 is 1.69 bits per heavy atom. The van der Waals surface area contributed by atoms with Gasteiger partial charge in [0.05, 0.1) is 11.3 Å². The minimum Gasteiger partial charge on any atom is -0.487 e. The van der Waals surface area contributed by atoms with Crippen LogP contribution in [0.25, 0.3) is 11.3 Å². The van der Waals surface area contributed by atoms with Crippen LogP contribution < -0.4 is 4.74 Å². The molecular formula is C23H21F4NO. The molecule has 0 N–H and O–H groups in total. The summed E-state index contributed by atoms with van der Waals surface area (Å²) >= 11 is 0. The van der Waals surface area contributed by atoms with Crippen molar-refractivity contribution in [2.24, 2.45) is 0 Å². The van der Waals surface area contributed by atoms with E-state index in [0.717, 1.165) is 23.3 Å². The maximum atomic E-state index is 15.0. The van der Waals surface area contributed by atoms with E-state index in [0.29, 0.717) is 23.5 Å². The number of benzene rings is 2. The molecule has 2 aromatic carbocycles. The molecule has 0 amide bonds. The lowest BCUT2D eigenvalue weighted by atomic mass is 9.91. The Morgan fingerprint density at radius 1 is 1.07 bits per heavy atom. The Bertz CT molecular complexity index is 957. The van der Waals surface area contributed by atoms with Crippen LogP contribution in [0.1, 0.15) is 25.0 Å². The first kappa shape index (κ1) is 20.7. The van der Waals surface area contributed by atoms with Crippen LogP contribution in [-0.4, -0.2) is 24.5 Å².